The first-order valence-corrected chi connectivity index (χ1v) is 7.71. The zero-order valence-electron chi connectivity index (χ0n) is 10.4. The number of hydrogen-bond donors (Lipinski definition) is 0. The standard InChI is InChI=1S/C15H13Cl2IO/c1-19-12-5-2-10(3-6-12)8-14(17)13-9-11(16)4-7-15(13)18/h2-7,9,14H,8H2,1H3. The van der Waals surface area contributed by atoms with E-state index in [1.807, 2.05) is 42.5 Å². The van der Waals surface area contributed by atoms with E-state index in [9.17, 15) is 0 Å². The summed E-state index contributed by atoms with van der Waals surface area (Å²) in [6, 6.07) is 13.8. The second kappa shape index (κ2) is 6.82. The van der Waals surface area contributed by atoms with E-state index in [0.29, 0.717) is 0 Å². The number of halogens is 3. The van der Waals surface area contributed by atoms with Gasteiger partial charge in [-0.2, -0.15) is 0 Å². The third-order valence-corrected chi connectivity index (χ3v) is 4.48. The van der Waals surface area contributed by atoms with Gasteiger partial charge in [-0.15, -0.1) is 11.6 Å². The molecular weight excluding hydrogens is 394 g/mol. The molecule has 19 heavy (non-hydrogen) atoms. The van der Waals surface area contributed by atoms with Gasteiger partial charge in [0.15, 0.2) is 0 Å². The van der Waals surface area contributed by atoms with Crippen molar-refractivity contribution in [1.29, 1.82) is 0 Å². The van der Waals surface area contributed by atoms with Crippen LogP contribution in [0.3, 0.4) is 0 Å². The van der Waals surface area contributed by atoms with Crippen LogP contribution in [0.1, 0.15) is 16.5 Å². The molecule has 2 rings (SSSR count). The molecule has 1 unspecified atom stereocenters. The van der Waals surface area contributed by atoms with Crippen LogP contribution < -0.4 is 4.74 Å². The highest BCUT2D eigenvalue weighted by Gasteiger charge is 2.13. The predicted molar refractivity (Wildman–Crippen MR) is 89.5 cm³/mol. The van der Waals surface area contributed by atoms with Gasteiger partial charge in [0.05, 0.1) is 12.5 Å². The Morgan fingerprint density at radius 2 is 1.84 bits per heavy atom. The van der Waals surface area contributed by atoms with Crippen molar-refractivity contribution in [2.45, 2.75) is 11.8 Å². The molecule has 4 heteroatoms. The van der Waals surface area contributed by atoms with Crippen LogP contribution in [0.15, 0.2) is 42.5 Å². The molecule has 0 aliphatic heterocycles. The Morgan fingerprint density at radius 3 is 2.47 bits per heavy atom. The van der Waals surface area contributed by atoms with E-state index in [0.717, 1.165) is 26.3 Å². The second-order valence-corrected chi connectivity index (χ2v) is 6.31. The van der Waals surface area contributed by atoms with Crippen molar-refractivity contribution >= 4 is 45.8 Å². The Labute approximate surface area is 137 Å². The molecule has 100 valence electrons. The Hall–Kier alpha value is -0.450. The van der Waals surface area contributed by atoms with Crippen LogP contribution >= 0.6 is 45.8 Å². The number of rotatable bonds is 4. The molecule has 0 amide bonds. The summed E-state index contributed by atoms with van der Waals surface area (Å²) in [6.07, 6.45) is 0.766. The lowest BCUT2D eigenvalue weighted by atomic mass is 10.0. The van der Waals surface area contributed by atoms with Gasteiger partial charge in [0, 0.05) is 8.59 Å². The Balaban J connectivity index is 2.15. The van der Waals surface area contributed by atoms with Gasteiger partial charge < -0.3 is 4.74 Å². The maximum absolute atomic E-state index is 6.50. The van der Waals surface area contributed by atoms with Gasteiger partial charge in [0.2, 0.25) is 0 Å². The second-order valence-electron chi connectivity index (χ2n) is 4.19. The van der Waals surface area contributed by atoms with Crippen LogP contribution in [0.4, 0.5) is 0 Å². The SMILES string of the molecule is COc1ccc(CC(Cl)c2cc(Cl)ccc2I)cc1. The maximum atomic E-state index is 6.50. The smallest absolute Gasteiger partial charge is 0.118 e. The summed E-state index contributed by atoms with van der Waals surface area (Å²) in [5, 5.41) is 0.634. The molecule has 0 saturated heterocycles. The molecule has 1 nitrogen and oxygen atoms in total. The first-order valence-electron chi connectivity index (χ1n) is 5.82. The Morgan fingerprint density at radius 1 is 1.16 bits per heavy atom. The number of benzene rings is 2. The molecule has 0 aromatic heterocycles. The minimum absolute atomic E-state index is 0.0843. The minimum Gasteiger partial charge on any atom is -0.497 e. The Kier molecular flexibility index (Phi) is 5.37. The van der Waals surface area contributed by atoms with Gasteiger partial charge >= 0.3 is 0 Å². The summed E-state index contributed by atoms with van der Waals surface area (Å²) in [6.45, 7) is 0. The molecular formula is C15H13Cl2IO. The molecule has 0 spiro atoms. The molecule has 2 aromatic rings. The summed E-state index contributed by atoms with van der Waals surface area (Å²) in [4.78, 5) is 0. The molecule has 2 aromatic carbocycles. The highest BCUT2D eigenvalue weighted by molar-refractivity contribution is 14.1. The summed E-state index contributed by atoms with van der Waals surface area (Å²) in [5.41, 5.74) is 2.25. The number of alkyl halides is 1. The summed E-state index contributed by atoms with van der Waals surface area (Å²) >= 11 is 14.8. The van der Waals surface area contributed by atoms with E-state index in [2.05, 4.69) is 22.6 Å². The number of methoxy groups -OCH3 is 1. The normalized spacial score (nSPS) is 12.2. The maximum Gasteiger partial charge on any atom is 0.118 e. The fraction of sp³-hybridized carbons (Fsp3) is 0.200. The van der Waals surface area contributed by atoms with Crippen molar-refractivity contribution in [3.05, 3.63) is 62.2 Å². The third kappa shape index (κ3) is 4.01. The third-order valence-electron chi connectivity index (χ3n) is 2.87. The van der Waals surface area contributed by atoms with E-state index in [4.69, 9.17) is 27.9 Å². The van der Waals surface area contributed by atoms with Gasteiger partial charge in [0.25, 0.3) is 0 Å². The monoisotopic (exact) mass is 406 g/mol. The molecule has 0 saturated carbocycles. The van der Waals surface area contributed by atoms with Crippen molar-refractivity contribution in [3.63, 3.8) is 0 Å². The molecule has 0 fully saturated rings. The highest BCUT2D eigenvalue weighted by Crippen LogP contribution is 2.31. The van der Waals surface area contributed by atoms with E-state index >= 15 is 0 Å². The summed E-state index contributed by atoms with van der Waals surface area (Å²) in [7, 11) is 1.66. The molecule has 0 bridgehead atoms. The Bertz CT molecular complexity index is 555. The fourth-order valence-electron chi connectivity index (χ4n) is 1.83. The van der Waals surface area contributed by atoms with Crippen molar-refractivity contribution in [2.24, 2.45) is 0 Å². The van der Waals surface area contributed by atoms with E-state index < -0.39 is 0 Å². The first kappa shape index (κ1) is 14.9. The zero-order chi connectivity index (χ0) is 13.8. The molecule has 0 radical (unpaired) electrons. The van der Waals surface area contributed by atoms with Gasteiger partial charge in [-0.1, -0.05) is 23.7 Å². The van der Waals surface area contributed by atoms with E-state index in [-0.39, 0.29) is 5.38 Å². The highest BCUT2D eigenvalue weighted by atomic mass is 127. The molecule has 0 heterocycles. The van der Waals surface area contributed by atoms with Crippen LogP contribution in [-0.2, 0) is 6.42 Å². The summed E-state index contributed by atoms with van der Waals surface area (Å²) < 4.78 is 6.28. The van der Waals surface area contributed by atoms with Crippen molar-refractivity contribution in [2.75, 3.05) is 7.11 Å². The molecule has 0 N–H and O–H groups in total. The van der Waals surface area contributed by atoms with Gasteiger partial charge in [-0.3, -0.25) is 0 Å². The summed E-state index contributed by atoms with van der Waals surface area (Å²) in [5.74, 6) is 0.854. The van der Waals surface area contributed by atoms with Crippen molar-refractivity contribution in [1.82, 2.24) is 0 Å². The number of ether oxygens (including phenoxy) is 1. The lowest BCUT2D eigenvalue weighted by Crippen LogP contribution is -1.98. The van der Waals surface area contributed by atoms with Gasteiger partial charge in [-0.25, -0.2) is 0 Å². The first-order chi connectivity index (χ1) is 9.10. The van der Waals surface area contributed by atoms with E-state index in [1.165, 1.54) is 5.56 Å². The minimum atomic E-state index is -0.0843. The predicted octanol–water partition coefficient (Wildman–Crippen LogP) is 5.48. The lowest BCUT2D eigenvalue weighted by molar-refractivity contribution is 0.414. The van der Waals surface area contributed by atoms with Crippen LogP contribution in [0.25, 0.3) is 0 Å². The van der Waals surface area contributed by atoms with E-state index in [1.54, 1.807) is 7.11 Å². The van der Waals surface area contributed by atoms with Crippen molar-refractivity contribution < 1.29 is 4.74 Å². The quantitative estimate of drug-likeness (QED) is 0.482. The zero-order valence-corrected chi connectivity index (χ0v) is 14.0. The lowest BCUT2D eigenvalue weighted by Gasteiger charge is -2.13. The average molecular weight is 407 g/mol. The fourth-order valence-corrected chi connectivity index (χ4v) is 3.27. The van der Waals surface area contributed by atoms with Crippen LogP contribution in [0.2, 0.25) is 5.02 Å². The van der Waals surface area contributed by atoms with Crippen molar-refractivity contribution in [3.8, 4) is 5.75 Å². The van der Waals surface area contributed by atoms with Crippen LogP contribution in [0, 0.1) is 3.57 Å². The van der Waals surface area contributed by atoms with Gasteiger partial charge in [0.1, 0.15) is 5.75 Å². The average Bonchev–Trinajstić information content (AvgIpc) is 2.42. The molecule has 0 aliphatic rings. The van der Waals surface area contributed by atoms with Crippen LogP contribution in [0.5, 0.6) is 5.75 Å². The molecule has 0 aliphatic carbocycles. The van der Waals surface area contributed by atoms with Gasteiger partial charge in [-0.05, 0) is 70.5 Å². The topological polar surface area (TPSA) is 9.23 Å². The van der Waals surface area contributed by atoms with Crippen LogP contribution in [-0.4, -0.2) is 7.11 Å². The number of hydrogen-bond acceptors (Lipinski definition) is 1. The largest absolute Gasteiger partial charge is 0.497 e. The molecule has 1 atom stereocenters.